The molecular weight excluding hydrogens is 242 g/mol. The van der Waals surface area contributed by atoms with Gasteiger partial charge in [-0.05, 0) is 6.42 Å². The van der Waals surface area contributed by atoms with E-state index in [0.717, 1.165) is 5.06 Å². The maximum Gasteiger partial charge on any atom is 0.302 e. The van der Waals surface area contributed by atoms with Crippen LogP contribution in [0.1, 0.15) is 26.7 Å². The van der Waals surface area contributed by atoms with Gasteiger partial charge in [-0.3, -0.25) is 19.2 Å². The number of carbonyl (C=O) groups excluding carboxylic acids is 3. The fourth-order valence-electron chi connectivity index (χ4n) is 1.88. The summed E-state index contributed by atoms with van der Waals surface area (Å²) in [5.74, 6) is -1.16. The normalized spacial score (nSPS) is 17.7. The van der Waals surface area contributed by atoms with Gasteiger partial charge in [0.05, 0.1) is 7.11 Å². The molecule has 7 nitrogen and oxygen atoms in total. The minimum atomic E-state index is -0.927. The number of ether oxygens (including phenoxy) is 2. The van der Waals surface area contributed by atoms with Gasteiger partial charge in [0.25, 0.3) is 0 Å². The first kappa shape index (κ1) is 14.4. The Hall–Kier alpha value is -1.63. The van der Waals surface area contributed by atoms with E-state index in [0.29, 0.717) is 6.42 Å². The standard InChI is InChI=1S/C11H17NO6/c1-8(13)17-6-11(7-18-9(2)14)5-4-10(15)12(11)16-3/h4-7H2,1-3H3. The van der Waals surface area contributed by atoms with Crippen LogP contribution in [0.25, 0.3) is 0 Å². The zero-order chi connectivity index (χ0) is 13.8. The Balaban J connectivity index is 2.82. The Morgan fingerprint density at radius 1 is 1.22 bits per heavy atom. The van der Waals surface area contributed by atoms with Crippen LogP contribution in [0.3, 0.4) is 0 Å². The number of amides is 1. The van der Waals surface area contributed by atoms with Crippen molar-refractivity contribution in [3.05, 3.63) is 0 Å². The van der Waals surface area contributed by atoms with Gasteiger partial charge in [0.1, 0.15) is 18.8 Å². The molecule has 18 heavy (non-hydrogen) atoms. The lowest BCUT2D eigenvalue weighted by Crippen LogP contribution is -2.52. The topological polar surface area (TPSA) is 82.1 Å². The third-order valence-electron chi connectivity index (χ3n) is 2.73. The number of hydrogen-bond donors (Lipinski definition) is 0. The summed E-state index contributed by atoms with van der Waals surface area (Å²) in [5, 5.41) is 1.12. The summed E-state index contributed by atoms with van der Waals surface area (Å²) in [4.78, 5) is 38.4. The van der Waals surface area contributed by atoms with Crippen molar-refractivity contribution in [2.24, 2.45) is 0 Å². The van der Waals surface area contributed by atoms with Crippen LogP contribution in [-0.4, -0.2) is 48.8 Å². The Bertz CT molecular complexity index is 335. The van der Waals surface area contributed by atoms with E-state index >= 15 is 0 Å². The lowest BCUT2D eigenvalue weighted by molar-refractivity contribution is -0.214. The van der Waals surface area contributed by atoms with E-state index in [-0.39, 0.29) is 25.5 Å². The molecule has 0 aromatic rings. The molecule has 1 fully saturated rings. The molecule has 0 radical (unpaired) electrons. The van der Waals surface area contributed by atoms with E-state index in [1.807, 2.05) is 0 Å². The number of esters is 2. The van der Waals surface area contributed by atoms with Gasteiger partial charge in [-0.1, -0.05) is 0 Å². The summed E-state index contributed by atoms with van der Waals surface area (Å²) in [6, 6.07) is 0. The Morgan fingerprint density at radius 3 is 2.11 bits per heavy atom. The van der Waals surface area contributed by atoms with Crippen LogP contribution in [-0.2, 0) is 28.7 Å². The van der Waals surface area contributed by atoms with Gasteiger partial charge in [0.15, 0.2) is 0 Å². The molecule has 0 atom stereocenters. The SMILES string of the molecule is CON1C(=O)CCC1(COC(C)=O)COC(C)=O. The van der Waals surface area contributed by atoms with Crippen LogP contribution in [0.5, 0.6) is 0 Å². The molecule has 0 aromatic heterocycles. The minimum Gasteiger partial charge on any atom is -0.463 e. The fraction of sp³-hybridized carbons (Fsp3) is 0.727. The molecule has 0 aromatic carbocycles. The average molecular weight is 259 g/mol. The van der Waals surface area contributed by atoms with Crippen molar-refractivity contribution in [2.75, 3.05) is 20.3 Å². The summed E-state index contributed by atoms with van der Waals surface area (Å²) in [6.45, 7) is 2.42. The molecule has 1 saturated heterocycles. The lowest BCUT2D eigenvalue weighted by Gasteiger charge is -2.34. The molecule has 0 unspecified atom stereocenters. The van der Waals surface area contributed by atoms with Crippen LogP contribution in [0, 0.1) is 0 Å². The van der Waals surface area contributed by atoms with Crippen molar-refractivity contribution in [3.63, 3.8) is 0 Å². The van der Waals surface area contributed by atoms with Gasteiger partial charge < -0.3 is 9.47 Å². The number of hydroxylamine groups is 2. The molecule has 0 spiro atoms. The van der Waals surface area contributed by atoms with Gasteiger partial charge in [-0.15, -0.1) is 0 Å². The molecule has 1 rings (SSSR count). The maximum absolute atomic E-state index is 11.6. The van der Waals surface area contributed by atoms with E-state index < -0.39 is 17.5 Å². The van der Waals surface area contributed by atoms with Crippen molar-refractivity contribution < 1.29 is 28.7 Å². The first-order valence-corrected chi connectivity index (χ1v) is 5.55. The summed E-state index contributed by atoms with van der Waals surface area (Å²) in [6.07, 6.45) is 0.663. The van der Waals surface area contributed by atoms with E-state index in [1.54, 1.807) is 0 Å². The third-order valence-corrected chi connectivity index (χ3v) is 2.73. The van der Waals surface area contributed by atoms with Gasteiger partial charge in [-0.25, -0.2) is 5.06 Å². The summed E-state index contributed by atoms with van der Waals surface area (Å²) in [5.41, 5.74) is -0.927. The number of nitrogens with zero attached hydrogens (tertiary/aromatic N) is 1. The maximum atomic E-state index is 11.6. The van der Waals surface area contributed by atoms with Gasteiger partial charge in [0, 0.05) is 20.3 Å². The predicted molar refractivity (Wildman–Crippen MR) is 59.1 cm³/mol. The van der Waals surface area contributed by atoms with Crippen LogP contribution >= 0.6 is 0 Å². The second kappa shape index (κ2) is 5.81. The molecule has 1 aliphatic heterocycles. The van der Waals surface area contributed by atoms with Crippen LogP contribution in [0.2, 0.25) is 0 Å². The first-order valence-electron chi connectivity index (χ1n) is 5.55. The lowest BCUT2D eigenvalue weighted by atomic mass is 10.00. The molecule has 1 heterocycles. The second-order valence-corrected chi connectivity index (χ2v) is 4.16. The molecular formula is C11H17NO6. The zero-order valence-electron chi connectivity index (χ0n) is 10.7. The molecule has 7 heteroatoms. The average Bonchev–Trinajstić information content (AvgIpc) is 2.61. The molecule has 0 saturated carbocycles. The van der Waals surface area contributed by atoms with Gasteiger partial charge in [-0.2, -0.15) is 0 Å². The number of rotatable bonds is 5. The van der Waals surface area contributed by atoms with Gasteiger partial charge >= 0.3 is 11.9 Å². The Morgan fingerprint density at radius 2 is 1.72 bits per heavy atom. The summed E-state index contributed by atoms with van der Waals surface area (Å²) in [7, 11) is 1.35. The zero-order valence-corrected chi connectivity index (χ0v) is 10.7. The van der Waals surface area contributed by atoms with Crippen molar-refractivity contribution in [1.29, 1.82) is 0 Å². The largest absolute Gasteiger partial charge is 0.463 e. The number of carbonyl (C=O) groups is 3. The van der Waals surface area contributed by atoms with E-state index in [4.69, 9.17) is 14.3 Å². The summed E-state index contributed by atoms with van der Waals surface area (Å²) >= 11 is 0. The Labute approximate surface area is 105 Å². The summed E-state index contributed by atoms with van der Waals surface area (Å²) < 4.78 is 9.88. The first-order chi connectivity index (χ1) is 8.41. The van der Waals surface area contributed by atoms with Crippen molar-refractivity contribution in [1.82, 2.24) is 5.06 Å². The van der Waals surface area contributed by atoms with Crippen LogP contribution in [0.4, 0.5) is 0 Å². The van der Waals surface area contributed by atoms with Crippen molar-refractivity contribution in [2.45, 2.75) is 32.2 Å². The van der Waals surface area contributed by atoms with Crippen molar-refractivity contribution >= 4 is 17.8 Å². The number of hydrogen-bond acceptors (Lipinski definition) is 6. The molecule has 0 N–H and O–H groups in total. The van der Waals surface area contributed by atoms with E-state index in [9.17, 15) is 14.4 Å². The smallest absolute Gasteiger partial charge is 0.302 e. The van der Waals surface area contributed by atoms with E-state index in [1.165, 1.54) is 21.0 Å². The third kappa shape index (κ3) is 3.19. The van der Waals surface area contributed by atoms with Gasteiger partial charge in [0.2, 0.25) is 5.91 Å². The molecule has 1 amide bonds. The molecule has 0 bridgehead atoms. The van der Waals surface area contributed by atoms with E-state index in [2.05, 4.69) is 0 Å². The highest BCUT2D eigenvalue weighted by Gasteiger charge is 2.48. The Kier molecular flexibility index (Phi) is 4.66. The second-order valence-electron chi connectivity index (χ2n) is 4.16. The highest BCUT2D eigenvalue weighted by atomic mass is 16.7. The fourth-order valence-corrected chi connectivity index (χ4v) is 1.88. The van der Waals surface area contributed by atoms with Crippen LogP contribution < -0.4 is 0 Å². The predicted octanol–water partition coefficient (Wildman–Crippen LogP) is 0.0352. The molecule has 0 aliphatic carbocycles. The molecule has 102 valence electrons. The van der Waals surface area contributed by atoms with Crippen molar-refractivity contribution in [3.8, 4) is 0 Å². The monoisotopic (exact) mass is 259 g/mol. The van der Waals surface area contributed by atoms with Crippen LogP contribution in [0.15, 0.2) is 0 Å². The highest BCUT2D eigenvalue weighted by Crippen LogP contribution is 2.31. The molecule has 1 aliphatic rings. The highest BCUT2D eigenvalue weighted by molar-refractivity contribution is 5.79. The quantitative estimate of drug-likeness (QED) is 0.648. The minimum absolute atomic E-state index is 0.0603.